The van der Waals surface area contributed by atoms with Crippen LogP contribution in [0.5, 0.6) is 0 Å². The van der Waals surface area contributed by atoms with Crippen molar-refractivity contribution in [2.24, 2.45) is 0 Å². The van der Waals surface area contributed by atoms with Gasteiger partial charge >= 0.3 is 0 Å². The van der Waals surface area contributed by atoms with Crippen LogP contribution in [0.25, 0.3) is 11.0 Å². The molecule has 1 saturated heterocycles. The van der Waals surface area contributed by atoms with Crippen molar-refractivity contribution in [3.05, 3.63) is 41.5 Å². The molecule has 0 amide bonds. The predicted octanol–water partition coefficient (Wildman–Crippen LogP) is 1.96. The van der Waals surface area contributed by atoms with E-state index in [1.165, 1.54) is 6.07 Å². The number of fused-ring (bicyclic) bond motifs is 1. The molecule has 0 radical (unpaired) electrons. The lowest BCUT2D eigenvalue weighted by atomic mass is 10.2. The molecule has 0 bridgehead atoms. The van der Waals surface area contributed by atoms with Crippen LogP contribution in [0, 0.1) is 5.82 Å². The fourth-order valence-corrected chi connectivity index (χ4v) is 2.95. The van der Waals surface area contributed by atoms with E-state index in [9.17, 15) is 4.39 Å². The SMILES string of the molecule is CCc1nc([C@@H]2CN(Cc3nc4c(F)cccc4[nH]3)CCO2)n[nH]1. The second-order valence-electron chi connectivity index (χ2n) is 5.91. The number of hydrogen-bond donors (Lipinski definition) is 2. The second-order valence-corrected chi connectivity index (χ2v) is 5.91. The number of benzene rings is 1. The van der Waals surface area contributed by atoms with E-state index in [1.54, 1.807) is 6.07 Å². The number of morpholine rings is 1. The zero-order valence-corrected chi connectivity index (χ0v) is 13.4. The summed E-state index contributed by atoms with van der Waals surface area (Å²) in [6.45, 7) is 4.72. The average Bonchev–Trinajstić information content (AvgIpc) is 3.22. The Bertz CT molecular complexity index is 844. The molecule has 3 heterocycles. The minimum atomic E-state index is -0.303. The van der Waals surface area contributed by atoms with Crippen molar-refractivity contribution in [1.29, 1.82) is 0 Å². The molecule has 0 saturated carbocycles. The summed E-state index contributed by atoms with van der Waals surface area (Å²) in [4.78, 5) is 14.2. The molecule has 126 valence electrons. The summed E-state index contributed by atoms with van der Waals surface area (Å²) in [6.07, 6.45) is 0.657. The lowest BCUT2D eigenvalue weighted by Gasteiger charge is -2.30. The first kappa shape index (κ1) is 15.2. The van der Waals surface area contributed by atoms with E-state index in [-0.39, 0.29) is 11.9 Å². The maximum absolute atomic E-state index is 13.8. The van der Waals surface area contributed by atoms with Crippen molar-refractivity contribution in [3.63, 3.8) is 0 Å². The molecule has 1 aliphatic heterocycles. The second kappa shape index (κ2) is 6.29. The summed E-state index contributed by atoms with van der Waals surface area (Å²) >= 11 is 0. The maximum Gasteiger partial charge on any atom is 0.180 e. The number of halogens is 1. The fraction of sp³-hybridized carbons (Fsp3) is 0.438. The van der Waals surface area contributed by atoms with Crippen molar-refractivity contribution in [2.45, 2.75) is 26.0 Å². The first-order valence-electron chi connectivity index (χ1n) is 8.11. The van der Waals surface area contributed by atoms with Gasteiger partial charge in [0.25, 0.3) is 0 Å². The Morgan fingerprint density at radius 3 is 3.04 bits per heavy atom. The Labute approximate surface area is 138 Å². The largest absolute Gasteiger partial charge is 0.367 e. The third-order valence-corrected chi connectivity index (χ3v) is 4.21. The first-order valence-corrected chi connectivity index (χ1v) is 8.11. The third-order valence-electron chi connectivity index (χ3n) is 4.21. The molecular formula is C16H19FN6O. The highest BCUT2D eigenvalue weighted by Crippen LogP contribution is 2.21. The molecule has 2 N–H and O–H groups in total. The molecule has 4 rings (SSSR count). The number of aryl methyl sites for hydroxylation is 1. The van der Waals surface area contributed by atoms with Gasteiger partial charge in [-0.2, -0.15) is 5.10 Å². The van der Waals surface area contributed by atoms with Gasteiger partial charge in [-0.3, -0.25) is 10.00 Å². The Balaban J connectivity index is 1.48. The van der Waals surface area contributed by atoms with Gasteiger partial charge in [-0.15, -0.1) is 0 Å². The first-order chi connectivity index (χ1) is 11.7. The van der Waals surface area contributed by atoms with Crippen molar-refractivity contribution in [3.8, 4) is 0 Å². The van der Waals surface area contributed by atoms with Gasteiger partial charge in [-0.05, 0) is 12.1 Å². The van der Waals surface area contributed by atoms with Gasteiger partial charge in [0.2, 0.25) is 0 Å². The summed E-state index contributed by atoms with van der Waals surface area (Å²) in [6, 6.07) is 4.93. The standard InChI is InChI=1S/C16H19FN6O/c1-2-13-20-16(22-21-13)12-8-23(6-7-24-12)9-14-18-11-5-3-4-10(17)15(11)19-14/h3-5,12H,2,6-9H2,1H3,(H,18,19)(H,20,21,22)/t12-/m0/s1. The van der Waals surface area contributed by atoms with E-state index >= 15 is 0 Å². The highest BCUT2D eigenvalue weighted by atomic mass is 19.1. The van der Waals surface area contributed by atoms with E-state index < -0.39 is 0 Å². The maximum atomic E-state index is 13.8. The Kier molecular flexibility index (Phi) is 3.99. The molecule has 1 fully saturated rings. The molecule has 24 heavy (non-hydrogen) atoms. The van der Waals surface area contributed by atoms with Crippen LogP contribution >= 0.6 is 0 Å². The fourth-order valence-electron chi connectivity index (χ4n) is 2.95. The number of ether oxygens (including phenoxy) is 1. The highest BCUT2D eigenvalue weighted by Gasteiger charge is 2.26. The molecular weight excluding hydrogens is 311 g/mol. The van der Waals surface area contributed by atoms with Crippen molar-refractivity contribution >= 4 is 11.0 Å². The molecule has 2 aromatic heterocycles. The highest BCUT2D eigenvalue weighted by molar-refractivity contribution is 5.75. The van der Waals surface area contributed by atoms with Gasteiger partial charge in [0, 0.05) is 19.5 Å². The third kappa shape index (κ3) is 2.90. The van der Waals surface area contributed by atoms with Crippen molar-refractivity contribution in [2.75, 3.05) is 19.7 Å². The number of aromatic amines is 2. The van der Waals surface area contributed by atoms with Gasteiger partial charge in [0.05, 0.1) is 18.7 Å². The molecule has 1 aromatic carbocycles. The van der Waals surface area contributed by atoms with Gasteiger partial charge in [0.1, 0.15) is 23.3 Å². The zero-order valence-electron chi connectivity index (χ0n) is 13.4. The minimum Gasteiger partial charge on any atom is -0.367 e. The molecule has 1 atom stereocenters. The van der Waals surface area contributed by atoms with Crippen LogP contribution in [0.1, 0.15) is 30.5 Å². The topological polar surface area (TPSA) is 82.7 Å². The molecule has 0 unspecified atom stereocenters. The van der Waals surface area contributed by atoms with Crippen LogP contribution in [0.3, 0.4) is 0 Å². The number of para-hydroxylation sites is 1. The van der Waals surface area contributed by atoms with Crippen molar-refractivity contribution in [1.82, 2.24) is 30.0 Å². The van der Waals surface area contributed by atoms with Gasteiger partial charge in [-0.25, -0.2) is 14.4 Å². The zero-order chi connectivity index (χ0) is 16.5. The average molecular weight is 330 g/mol. The van der Waals surface area contributed by atoms with Gasteiger partial charge in [-0.1, -0.05) is 13.0 Å². The number of H-pyrrole nitrogens is 2. The summed E-state index contributed by atoms with van der Waals surface area (Å²) in [7, 11) is 0. The smallest absolute Gasteiger partial charge is 0.180 e. The summed E-state index contributed by atoms with van der Waals surface area (Å²) in [5.41, 5.74) is 1.11. The van der Waals surface area contributed by atoms with Gasteiger partial charge in [0.15, 0.2) is 11.6 Å². The van der Waals surface area contributed by atoms with Crippen molar-refractivity contribution < 1.29 is 9.13 Å². The van der Waals surface area contributed by atoms with E-state index in [0.717, 1.165) is 30.1 Å². The van der Waals surface area contributed by atoms with E-state index in [4.69, 9.17) is 4.74 Å². The quantitative estimate of drug-likeness (QED) is 0.764. The number of nitrogens with one attached hydrogen (secondary N) is 2. The molecule has 0 aliphatic carbocycles. The number of hydrogen-bond acceptors (Lipinski definition) is 5. The molecule has 3 aromatic rings. The molecule has 7 nitrogen and oxygen atoms in total. The van der Waals surface area contributed by atoms with Crippen LogP contribution in [-0.2, 0) is 17.7 Å². The number of aromatic nitrogens is 5. The molecule has 1 aliphatic rings. The van der Waals surface area contributed by atoms with Crippen LogP contribution in [-0.4, -0.2) is 49.7 Å². The lowest BCUT2D eigenvalue weighted by molar-refractivity contribution is -0.0377. The van der Waals surface area contributed by atoms with E-state index in [0.29, 0.717) is 31.0 Å². The Morgan fingerprint density at radius 2 is 2.25 bits per heavy atom. The van der Waals surface area contributed by atoms with Crippen LogP contribution in [0.2, 0.25) is 0 Å². The van der Waals surface area contributed by atoms with Crippen LogP contribution < -0.4 is 0 Å². The van der Waals surface area contributed by atoms with E-state index in [1.807, 2.05) is 13.0 Å². The number of imidazole rings is 1. The number of rotatable bonds is 4. The predicted molar refractivity (Wildman–Crippen MR) is 85.8 cm³/mol. The Morgan fingerprint density at radius 1 is 1.33 bits per heavy atom. The molecule has 0 spiro atoms. The summed E-state index contributed by atoms with van der Waals surface area (Å²) in [5, 5.41) is 7.16. The van der Waals surface area contributed by atoms with Crippen LogP contribution in [0.4, 0.5) is 4.39 Å². The molecule has 8 heteroatoms. The van der Waals surface area contributed by atoms with E-state index in [2.05, 4.69) is 30.0 Å². The summed E-state index contributed by atoms with van der Waals surface area (Å²) in [5.74, 6) is 1.99. The minimum absolute atomic E-state index is 0.156. The monoisotopic (exact) mass is 330 g/mol. The Hall–Kier alpha value is -2.32. The summed E-state index contributed by atoms with van der Waals surface area (Å²) < 4.78 is 19.6. The van der Waals surface area contributed by atoms with Gasteiger partial charge < -0.3 is 9.72 Å². The van der Waals surface area contributed by atoms with Crippen LogP contribution in [0.15, 0.2) is 18.2 Å². The normalized spacial score (nSPS) is 19.2. The lowest BCUT2D eigenvalue weighted by Crippen LogP contribution is -2.38. The number of nitrogens with zero attached hydrogens (tertiary/aromatic N) is 4.